The van der Waals surface area contributed by atoms with Crippen LogP contribution < -0.4 is 0 Å². The van der Waals surface area contributed by atoms with Crippen LogP contribution in [-0.4, -0.2) is 34.4 Å². The van der Waals surface area contributed by atoms with Crippen molar-refractivity contribution in [1.29, 1.82) is 0 Å². The zero-order valence-corrected chi connectivity index (χ0v) is 12.3. The molecule has 0 aliphatic heterocycles. The molecule has 0 radical (unpaired) electrons. The summed E-state index contributed by atoms with van der Waals surface area (Å²) in [7, 11) is 1.57. The van der Waals surface area contributed by atoms with Crippen LogP contribution in [0.1, 0.15) is 16.1 Å². The molecule has 7 heteroatoms. The minimum atomic E-state index is -1.14. The average molecular weight is 323 g/mol. The van der Waals surface area contributed by atoms with Gasteiger partial charge in [-0.05, 0) is 23.8 Å². The highest BCUT2D eigenvalue weighted by Crippen LogP contribution is 2.28. The Bertz CT molecular complexity index is 737. The predicted octanol–water partition coefficient (Wildman–Crippen LogP) is 2.83. The van der Waals surface area contributed by atoms with Gasteiger partial charge < -0.3 is 10.0 Å². The molecular formula is C15H12ClFN2O3. The molecule has 0 atom stereocenters. The second kappa shape index (κ2) is 6.53. The Kier molecular flexibility index (Phi) is 4.72. The summed E-state index contributed by atoms with van der Waals surface area (Å²) in [5.41, 5.74) is 1.42. The number of aromatic carboxylic acids is 1. The van der Waals surface area contributed by atoms with E-state index in [1.807, 2.05) is 0 Å². The lowest BCUT2D eigenvalue weighted by Crippen LogP contribution is -2.16. The molecule has 22 heavy (non-hydrogen) atoms. The highest BCUT2D eigenvalue weighted by atomic mass is 35.5. The van der Waals surface area contributed by atoms with E-state index in [-0.39, 0.29) is 17.1 Å². The van der Waals surface area contributed by atoms with E-state index < -0.39 is 11.8 Å². The van der Waals surface area contributed by atoms with Crippen molar-refractivity contribution in [1.82, 2.24) is 9.88 Å². The summed E-state index contributed by atoms with van der Waals surface area (Å²) in [5, 5.41) is 9.02. The third kappa shape index (κ3) is 3.40. The fourth-order valence-electron chi connectivity index (χ4n) is 1.97. The highest BCUT2D eigenvalue weighted by molar-refractivity contribution is 6.33. The van der Waals surface area contributed by atoms with Gasteiger partial charge in [0.15, 0.2) is 0 Å². The number of carboxylic acids is 1. The number of pyridine rings is 1. The van der Waals surface area contributed by atoms with E-state index in [0.29, 0.717) is 23.2 Å². The lowest BCUT2D eigenvalue weighted by molar-refractivity contribution is -0.117. The monoisotopic (exact) mass is 322 g/mol. The molecule has 0 fully saturated rings. The first-order valence-electron chi connectivity index (χ1n) is 6.25. The molecule has 5 nitrogen and oxygen atoms in total. The lowest BCUT2D eigenvalue weighted by atomic mass is 10.0. The summed E-state index contributed by atoms with van der Waals surface area (Å²) < 4.78 is 13.5. The molecule has 1 amide bonds. The van der Waals surface area contributed by atoms with E-state index in [2.05, 4.69) is 4.98 Å². The molecule has 0 unspecified atom stereocenters. The maximum Gasteiger partial charge on any atom is 0.337 e. The van der Waals surface area contributed by atoms with Crippen LogP contribution in [0.4, 0.5) is 4.39 Å². The first-order valence-corrected chi connectivity index (χ1v) is 6.63. The number of rotatable bonds is 5. The molecule has 1 heterocycles. The number of halogens is 2. The number of nitrogens with zero attached hydrogens (tertiary/aromatic N) is 2. The molecule has 2 aromatic rings. The van der Waals surface area contributed by atoms with Gasteiger partial charge in [-0.3, -0.25) is 9.78 Å². The summed E-state index contributed by atoms with van der Waals surface area (Å²) in [5.74, 6) is -1.68. The zero-order chi connectivity index (χ0) is 16.3. The van der Waals surface area contributed by atoms with E-state index in [9.17, 15) is 14.0 Å². The molecule has 114 valence electrons. The van der Waals surface area contributed by atoms with E-state index in [0.717, 1.165) is 6.20 Å². The third-order valence-electron chi connectivity index (χ3n) is 3.03. The Morgan fingerprint density at radius 3 is 2.77 bits per heavy atom. The van der Waals surface area contributed by atoms with Crippen molar-refractivity contribution >= 4 is 24.0 Å². The SMILES string of the molecule is CN(C=O)Cc1ncc(F)cc1-c1ccc(C(=O)O)c(Cl)c1. The largest absolute Gasteiger partial charge is 0.478 e. The molecule has 0 spiro atoms. The second-order valence-corrected chi connectivity index (χ2v) is 5.08. The normalized spacial score (nSPS) is 10.3. The van der Waals surface area contributed by atoms with E-state index in [4.69, 9.17) is 16.7 Å². The number of hydrogen-bond donors (Lipinski definition) is 1. The maximum atomic E-state index is 13.5. The zero-order valence-electron chi connectivity index (χ0n) is 11.6. The highest BCUT2D eigenvalue weighted by Gasteiger charge is 2.14. The van der Waals surface area contributed by atoms with Gasteiger partial charge in [-0.15, -0.1) is 0 Å². The van der Waals surface area contributed by atoms with Gasteiger partial charge >= 0.3 is 5.97 Å². The van der Waals surface area contributed by atoms with Gasteiger partial charge in [-0.25, -0.2) is 9.18 Å². The molecule has 2 rings (SSSR count). The van der Waals surface area contributed by atoms with E-state index in [1.165, 1.54) is 29.2 Å². The molecule has 1 N–H and O–H groups in total. The van der Waals surface area contributed by atoms with Crippen LogP contribution in [-0.2, 0) is 11.3 Å². The second-order valence-electron chi connectivity index (χ2n) is 4.67. The number of carbonyl (C=O) groups excluding carboxylic acids is 1. The predicted molar refractivity (Wildman–Crippen MR) is 79.1 cm³/mol. The molecule has 1 aromatic carbocycles. The van der Waals surface area contributed by atoms with Crippen molar-refractivity contribution in [3.63, 3.8) is 0 Å². The molecule has 1 aromatic heterocycles. The molecule has 0 aliphatic carbocycles. The van der Waals surface area contributed by atoms with Gasteiger partial charge in [0.05, 0.1) is 29.0 Å². The summed E-state index contributed by atoms with van der Waals surface area (Å²) in [6.07, 6.45) is 1.69. The van der Waals surface area contributed by atoms with Crippen molar-refractivity contribution in [3.05, 3.63) is 52.6 Å². The Morgan fingerprint density at radius 1 is 1.45 bits per heavy atom. The van der Waals surface area contributed by atoms with Gasteiger partial charge in [0.25, 0.3) is 0 Å². The molecular weight excluding hydrogens is 311 g/mol. The van der Waals surface area contributed by atoms with E-state index in [1.54, 1.807) is 7.05 Å². The van der Waals surface area contributed by atoms with Crippen molar-refractivity contribution in [3.8, 4) is 11.1 Å². The van der Waals surface area contributed by atoms with Gasteiger partial charge in [0, 0.05) is 12.6 Å². The third-order valence-corrected chi connectivity index (χ3v) is 3.34. The standard InChI is InChI=1S/C15H12ClFN2O3/c1-19(8-20)7-14-12(5-10(17)6-18-14)9-2-3-11(15(21)22)13(16)4-9/h2-6,8H,7H2,1H3,(H,21,22). The minimum Gasteiger partial charge on any atom is -0.478 e. The Hall–Kier alpha value is -2.47. The first kappa shape index (κ1) is 15.9. The van der Waals surface area contributed by atoms with Gasteiger partial charge in [0.2, 0.25) is 6.41 Å². The van der Waals surface area contributed by atoms with Crippen LogP contribution in [0.5, 0.6) is 0 Å². The summed E-state index contributed by atoms with van der Waals surface area (Å²) >= 11 is 5.94. The van der Waals surface area contributed by atoms with Crippen molar-refractivity contribution in [2.45, 2.75) is 6.54 Å². The topological polar surface area (TPSA) is 70.5 Å². The van der Waals surface area contributed by atoms with Crippen molar-refractivity contribution in [2.75, 3.05) is 7.05 Å². The Balaban J connectivity index is 2.51. The summed E-state index contributed by atoms with van der Waals surface area (Å²) in [6, 6.07) is 5.58. The van der Waals surface area contributed by atoms with Gasteiger partial charge in [-0.1, -0.05) is 17.7 Å². The molecule has 0 saturated carbocycles. The Labute approximate surface area is 131 Å². The quantitative estimate of drug-likeness (QED) is 0.859. The van der Waals surface area contributed by atoms with Crippen LogP contribution in [0.3, 0.4) is 0 Å². The first-order chi connectivity index (χ1) is 10.4. The van der Waals surface area contributed by atoms with Crippen LogP contribution in [0.2, 0.25) is 5.02 Å². The Morgan fingerprint density at radius 2 is 2.18 bits per heavy atom. The summed E-state index contributed by atoms with van der Waals surface area (Å²) in [4.78, 5) is 27.1. The maximum absolute atomic E-state index is 13.5. The van der Waals surface area contributed by atoms with Crippen molar-refractivity contribution < 1.29 is 19.1 Å². The van der Waals surface area contributed by atoms with Crippen LogP contribution in [0.25, 0.3) is 11.1 Å². The summed E-state index contributed by atoms with van der Waals surface area (Å²) in [6.45, 7) is 0.192. The van der Waals surface area contributed by atoms with Crippen LogP contribution >= 0.6 is 11.6 Å². The molecule has 0 bridgehead atoms. The smallest absolute Gasteiger partial charge is 0.337 e. The van der Waals surface area contributed by atoms with Crippen molar-refractivity contribution in [2.24, 2.45) is 0 Å². The molecule has 0 saturated heterocycles. The van der Waals surface area contributed by atoms with Gasteiger partial charge in [0.1, 0.15) is 5.82 Å². The number of hydrogen-bond acceptors (Lipinski definition) is 3. The van der Waals surface area contributed by atoms with Crippen LogP contribution in [0.15, 0.2) is 30.5 Å². The fourth-order valence-corrected chi connectivity index (χ4v) is 2.23. The fraction of sp³-hybridized carbons (Fsp3) is 0.133. The minimum absolute atomic E-state index is 0.0404. The number of carbonyl (C=O) groups is 2. The number of benzene rings is 1. The van der Waals surface area contributed by atoms with Gasteiger partial charge in [-0.2, -0.15) is 0 Å². The number of carboxylic acid groups (broad SMARTS) is 1. The molecule has 0 aliphatic rings. The number of amides is 1. The number of aromatic nitrogens is 1. The lowest BCUT2D eigenvalue weighted by Gasteiger charge is -2.14. The van der Waals surface area contributed by atoms with E-state index >= 15 is 0 Å². The van der Waals surface area contributed by atoms with Crippen LogP contribution in [0, 0.1) is 5.82 Å². The average Bonchev–Trinajstić information content (AvgIpc) is 2.48.